The molecule has 5 nitrogen and oxygen atoms in total. The van der Waals surface area contributed by atoms with E-state index in [0.29, 0.717) is 0 Å². The third-order valence-corrected chi connectivity index (χ3v) is 4.46. The van der Waals surface area contributed by atoms with Crippen molar-refractivity contribution in [1.29, 1.82) is 0 Å². The zero-order valence-electron chi connectivity index (χ0n) is 12.7. The van der Waals surface area contributed by atoms with Gasteiger partial charge in [0.05, 0.1) is 32.1 Å². The molecule has 5 heteroatoms. The SMILES string of the molecule is CC(C[N+]1(CCc2ccccc2)CCNCC1)C(=O)NO. The van der Waals surface area contributed by atoms with Crippen LogP contribution in [0.25, 0.3) is 0 Å². The highest BCUT2D eigenvalue weighted by molar-refractivity contribution is 5.77. The number of quaternary nitrogens is 1. The molecule has 1 fully saturated rings. The number of hydrogen-bond acceptors (Lipinski definition) is 3. The van der Waals surface area contributed by atoms with Crippen molar-refractivity contribution in [2.24, 2.45) is 5.92 Å². The fraction of sp³-hybridized carbons (Fsp3) is 0.562. The van der Waals surface area contributed by atoms with Crippen molar-refractivity contribution in [3.05, 3.63) is 35.9 Å². The van der Waals surface area contributed by atoms with E-state index in [1.165, 1.54) is 5.56 Å². The van der Waals surface area contributed by atoms with E-state index in [2.05, 4.69) is 29.6 Å². The van der Waals surface area contributed by atoms with Crippen LogP contribution in [0.3, 0.4) is 0 Å². The molecule has 3 N–H and O–H groups in total. The second-order valence-corrected chi connectivity index (χ2v) is 6.06. The molecule has 0 aromatic heterocycles. The Kier molecular flexibility index (Phi) is 5.73. The van der Waals surface area contributed by atoms with E-state index in [9.17, 15) is 4.79 Å². The number of hydroxylamine groups is 1. The number of rotatable bonds is 6. The summed E-state index contributed by atoms with van der Waals surface area (Å²) in [6.07, 6.45) is 1.02. The monoisotopic (exact) mass is 292 g/mol. The summed E-state index contributed by atoms with van der Waals surface area (Å²) >= 11 is 0. The van der Waals surface area contributed by atoms with E-state index in [-0.39, 0.29) is 11.8 Å². The van der Waals surface area contributed by atoms with Gasteiger partial charge in [-0.25, -0.2) is 5.48 Å². The molecule has 1 atom stereocenters. The molecule has 1 aliphatic rings. The Morgan fingerprint density at radius 2 is 2.00 bits per heavy atom. The van der Waals surface area contributed by atoms with Crippen LogP contribution in [0, 0.1) is 5.92 Å². The topological polar surface area (TPSA) is 61.4 Å². The summed E-state index contributed by atoms with van der Waals surface area (Å²) in [5.41, 5.74) is 3.12. The van der Waals surface area contributed by atoms with Gasteiger partial charge in [-0.15, -0.1) is 0 Å². The highest BCUT2D eigenvalue weighted by atomic mass is 16.5. The maximum Gasteiger partial charge on any atom is 0.251 e. The van der Waals surface area contributed by atoms with Gasteiger partial charge < -0.3 is 9.80 Å². The Hall–Kier alpha value is -1.43. The molecule has 116 valence electrons. The fourth-order valence-electron chi connectivity index (χ4n) is 3.15. The summed E-state index contributed by atoms with van der Waals surface area (Å²) in [5, 5.41) is 12.2. The third kappa shape index (κ3) is 4.52. The molecule has 21 heavy (non-hydrogen) atoms. The number of carbonyl (C=O) groups excluding carboxylic acids is 1. The van der Waals surface area contributed by atoms with Crippen molar-refractivity contribution < 1.29 is 14.5 Å². The van der Waals surface area contributed by atoms with Gasteiger partial charge in [-0.2, -0.15) is 0 Å². The van der Waals surface area contributed by atoms with Crippen molar-refractivity contribution in [3.8, 4) is 0 Å². The van der Waals surface area contributed by atoms with E-state index in [4.69, 9.17) is 5.21 Å². The molecule has 1 heterocycles. The molecule has 0 saturated carbocycles. The smallest absolute Gasteiger partial charge is 0.251 e. The number of nitrogens with zero attached hydrogens (tertiary/aromatic N) is 1. The average molecular weight is 292 g/mol. The molecular weight excluding hydrogens is 266 g/mol. The Morgan fingerprint density at radius 1 is 1.33 bits per heavy atom. The van der Waals surface area contributed by atoms with Gasteiger partial charge in [-0.1, -0.05) is 30.3 Å². The lowest BCUT2D eigenvalue weighted by Crippen LogP contribution is -2.61. The quantitative estimate of drug-likeness (QED) is 0.413. The van der Waals surface area contributed by atoms with Gasteiger partial charge in [0.15, 0.2) is 0 Å². The summed E-state index contributed by atoms with van der Waals surface area (Å²) < 4.78 is 0.941. The highest BCUT2D eigenvalue weighted by Gasteiger charge is 2.33. The third-order valence-electron chi connectivity index (χ3n) is 4.46. The van der Waals surface area contributed by atoms with Crippen molar-refractivity contribution in [2.45, 2.75) is 13.3 Å². The van der Waals surface area contributed by atoms with E-state index in [1.807, 2.05) is 13.0 Å². The van der Waals surface area contributed by atoms with Crippen LogP contribution in [0.5, 0.6) is 0 Å². The van der Waals surface area contributed by atoms with Crippen LogP contribution in [-0.2, 0) is 11.2 Å². The predicted molar refractivity (Wildman–Crippen MR) is 81.8 cm³/mol. The largest absolute Gasteiger partial charge is 0.321 e. The lowest BCUT2D eigenvalue weighted by molar-refractivity contribution is -0.931. The van der Waals surface area contributed by atoms with E-state index in [1.54, 1.807) is 5.48 Å². The molecule has 0 bridgehead atoms. The molecule has 0 aliphatic carbocycles. The summed E-state index contributed by atoms with van der Waals surface area (Å²) in [6.45, 7) is 7.75. The van der Waals surface area contributed by atoms with Crippen molar-refractivity contribution in [1.82, 2.24) is 10.8 Å². The van der Waals surface area contributed by atoms with Crippen LogP contribution < -0.4 is 10.8 Å². The zero-order chi connectivity index (χ0) is 15.1. The Balaban J connectivity index is 2.00. The lowest BCUT2D eigenvalue weighted by atomic mass is 10.1. The van der Waals surface area contributed by atoms with Crippen LogP contribution in [-0.4, -0.2) is 54.9 Å². The fourth-order valence-corrected chi connectivity index (χ4v) is 3.15. The maximum absolute atomic E-state index is 11.6. The van der Waals surface area contributed by atoms with Crippen LogP contribution in [0.2, 0.25) is 0 Å². The first-order valence-corrected chi connectivity index (χ1v) is 7.69. The molecule has 1 aliphatic heterocycles. The minimum Gasteiger partial charge on any atom is -0.321 e. The second-order valence-electron chi connectivity index (χ2n) is 6.06. The van der Waals surface area contributed by atoms with Gasteiger partial charge in [-0.05, 0) is 12.5 Å². The number of hydrogen-bond donors (Lipinski definition) is 3. The predicted octanol–water partition coefficient (Wildman–Crippen LogP) is 0.791. The van der Waals surface area contributed by atoms with Gasteiger partial charge in [-0.3, -0.25) is 10.0 Å². The van der Waals surface area contributed by atoms with Gasteiger partial charge in [0.25, 0.3) is 5.91 Å². The Morgan fingerprint density at radius 3 is 2.62 bits per heavy atom. The molecule has 1 aromatic rings. The van der Waals surface area contributed by atoms with Crippen molar-refractivity contribution in [3.63, 3.8) is 0 Å². The molecular formula is C16H26N3O2+. The van der Waals surface area contributed by atoms with Crippen molar-refractivity contribution in [2.75, 3.05) is 39.3 Å². The molecule has 0 spiro atoms. The molecule has 1 unspecified atom stereocenters. The van der Waals surface area contributed by atoms with Crippen LogP contribution >= 0.6 is 0 Å². The van der Waals surface area contributed by atoms with Gasteiger partial charge >= 0.3 is 0 Å². The van der Waals surface area contributed by atoms with E-state index < -0.39 is 0 Å². The summed E-state index contributed by atoms with van der Waals surface area (Å²) in [4.78, 5) is 11.6. The number of amides is 1. The number of piperazine rings is 1. The van der Waals surface area contributed by atoms with Crippen LogP contribution in [0.4, 0.5) is 0 Å². The van der Waals surface area contributed by atoms with Gasteiger partial charge in [0, 0.05) is 19.5 Å². The van der Waals surface area contributed by atoms with Gasteiger partial charge in [0.1, 0.15) is 0 Å². The van der Waals surface area contributed by atoms with E-state index in [0.717, 1.165) is 50.2 Å². The first-order valence-electron chi connectivity index (χ1n) is 7.69. The lowest BCUT2D eigenvalue weighted by Gasteiger charge is -2.43. The molecule has 2 rings (SSSR count). The highest BCUT2D eigenvalue weighted by Crippen LogP contribution is 2.16. The molecule has 1 saturated heterocycles. The molecule has 0 radical (unpaired) electrons. The molecule has 1 aromatic carbocycles. The summed E-state index contributed by atoms with van der Waals surface area (Å²) in [7, 11) is 0. The first kappa shape index (κ1) is 15.9. The van der Waals surface area contributed by atoms with Gasteiger partial charge in [0.2, 0.25) is 0 Å². The Bertz CT molecular complexity index is 444. The number of nitrogens with one attached hydrogen (secondary N) is 2. The maximum atomic E-state index is 11.6. The minimum absolute atomic E-state index is 0.177. The number of benzene rings is 1. The standard InChI is InChI=1S/C16H25N3O2/c1-14(16(20)18-21)13-19(11-8-17-9-12-19)10-7-15-5-3-2-4-6-15/h2-6,14,17H,7-13H2,1H3,(H-,18,20,21)/p+1. The van der Waals surface area contributed by atoms with Crippen molar-refractivity contribution >= 4 is 5.91 Å². The van der Waals surface area contributed by atoms with E-state index >= 15 is 0 Å². The number of carbonyl (C=O) groups is 1. The first-order chi connectivity index (χ1) is 10.2. The second kappa shape index (κ2) is 7.54. The minimum atomic E-state index is -0.286. The van der Waals surface area contributed by atoms with Crippen LogP contribution in [0.1, 0.15) is 12.5 Å². The summed E-state index contributed by atoms with van der Waals surface area (Å²) in [6, 6.07) is 10.5. The zero-order valence-corrected chi connectivity index (χ0v) is 12.7. The summed E-state index contributed by atoms with van der Waals surface area (Å²) in [5.74, 6) is -0.463. The average Bonchev–Trinajstić information content (AvgIpc) is 2.54. The normalized spacial score (nSPS) is 19.0. The Labute approximate surface area is 126 Å². The molecule has 1 amide bonds. The van der Waals surface area contributed by atoms with Crippen LogP contribution in [0.15, 0.2) is 30.3 Å².